The SMILES string of the molecule is O=C(NC/C=C/C[N+]1([O-])CCN(c2cccc(Cl)c2Cl)CC1)c1ccc(-c2ccccn2)cc1. The van der Waals surface area contributed by atoms with Crippen LogP contribution in [0.15, 0.2) is 79.0 Å². The highest BCUT2D eigenvalue weighted by Crippen LogP contribution is 2.33. The number of piperazine rings is 1. The number of hydrogen-bond acceptors (Lipinski definition) is 4. The van der Waals surface area contributed by atoms with Gasteiger partial charge in [0.2, 0.25) is 0 Å². The first-order valence-corrected chi connectivity index (χ1v) is 11.9. The number of pyridine rings is 1. The minimum Gasteiger partial charge on any atom is -0.632 e. The van der Waals surface area contributed by atoms with Crippen LogP contribution in [0.25, 0.3) is 11.3 Å². The van der Waals surface area contributed by atoms with Gasteiger partial charge in [-0.3, -0.25) is 9.78 Å². The van der Waals surface area contributed by atoms with Crippen molar-refractivity contribution < 1.29 is 9.44 Å². The Morgan fingerprint density at radius 1 is 1.03 bits per heavy atom. The average Bonchev–Trinajstić information content (AvgIpc) is 2.87. The smallest absolute Gasteiger partial charge is 0.251 e. The third-order valence-electron chi connectivity index (χ3n) is 5.92. The predicted molar refractivity (Wildman–Crippen MR) is 138 cm³/mol. The molecule has 1 aliphatic rings. The number of nitrogens with zero attached hydrogens (tertiary/aromatic N) is 3. The molecule has 8 heteroatoms. The summed E-state index contributed by atoms with van der Waals surface area (Å²) in [4.78, 5) is 18.8. The largest absolute Gasteiger partial charge is 0.632 e. The summed E-state index contributed by atoms with van der Waals surface area (Å²) in [6.07, 6.45) is 5.42. The van der Waals surface area contributed by atoms with Crippen molar-refractivity contribution in [3.05, 3.63) is 99.8 Å². The maximum absolute atomic E-state index is 13.0. The van der Waals surface area contributed by atoms with Crippen LogP contribution in [0.4, 0.5) is 5.69 Å². The van der Waals surface area contributed by atoms with Crippen LogP contribution < -0.4 is 10.2 Å². The molecule has 0 bridgehead atoms. The van der Waals surface area contributed by atoms with Crippen LogP contribution in [-0.2, 0) is 0 Å². The number of hydrogen-bond donors (Lipinski definition) is 1. The number of rotatable bonds is 7. The van der Waals surface area contributed by atoms with E-state index < -0.39 is 0 Å². The van der Waals surface area contributed by atoms with E-state index in [0.29, 0.717) is 54.9 Å². The van der Waals surface area contributed by atoms with Gasteiger partial charge in [-0.2, -0.15) is 0 Å². The van der Waals surface area contributed by atoms with Gasteiger partial charge < -0.3 is 20.1 Å². The molecule has 3 aromatic rings. The van der Waals surface area contributed by atoms with Crippen molar-refractivity contribution in [2.45, 2.75) is 0 Å². The fourth-order valence-electron chi connectivity index (χ4n) is 3.92. The molecular formula is C26H26Cl2N4O2. The van der Waals surface area contributed by atoms with Crippen molar-refractivity contribution in [1.29, 1.82) is 0 Å². The van der Waals surface area contributed by atoms with Crippen molar-refractivity contribution in [3.8, 4) is 11.3 Å². The molecule has 1 fully saturated rings. The number of anilines is 1. The number of amides is 1. The Balaban J connectivity index is 1.22. The van der Waals surface area contributed by atoms with Crippen LogP contribution >= 0.6 is 23.2 Å². The van der Waals surface area contributed by atoms with Gasteiger partial charge in [0.1, 0.15) is 0 Å². The Morgan fingerprint density at radius 2 is 1.79 bits per heavy atom. The standard InChI is InChI=1S/C26H26Cl2N4O2/c27-22-6-5-8-24(25(22)28)31-15-18-32(34,19-16-31)17-4-3-14-30-26(33)21-11-9-20(10-12-21)23-7-1-2-13-29-23/h1-13H,14-19H2,(H,30,33)/b4-3+. The first-order chi connectivity index (χ1) is 16.5. The summed E-state index contributed by atoms with van der Waals surface area (Å²) in [5, 5.41) is 16.9. The highest BCUT2D eigenvalue weighted by atomic mass is 35.5. The van der Waals surface area contributed by atoms with Crippen LogP contribution in [0.5, 0.6) is 0 Å². The fourth-order valence-corrected chi connectivity index (χ4v) is 4.33. The average molecular weight is 497 g/mol. The monoisotopic (exact) mass is 496 g/mol. The van der Waals surface area contributed by atoms with E-state index in [-0.39, 0.29) is 10.6 Å². The lowest BCUT2D eigenvalue weighted by atomic mass is 10.1. The number of nitrogens with one attached hydrogen (secondary N) is 1. The van der Waals surface area contributed by atoms with Gasteiger partial charge in [-0.15, -0.1) is 0 Å². The Morgan fingerprint density at radius 3 is 2.50 bits per heavy atom. The van der Waals surface area contributed by atoms with E-state index in [9.17, 15) is 10.0 Å². The molecule has 2 aromatic carbocycles. The van der Waals surface area contributed by atoms with Gasteiger partial charge in [-0.1, -0.05) is 53.5 Å². The zero-order chi connectivity index (χ0) is 24.0. The first kappa shape index (κ1) is 24.2. The Kier molecular flexibility index (Phi) is 7.85. The van der Waals surface area contributed by atoms with Crippen molar-refractivity contribution in [2.24, 2.45) is 0 Å². The fraction of sp³-hybridized carbons (Fsp3) is 0.231. The molecule has 1 N–H and O–H groups in total. The van der Waals surface area contributed by atoms with Gasteiger partial charge in [-0.05, 0) is 42.5 Å². The highest BCUT2D eigenvalue weighted by Gasteiger charge is 2.26. The minimum atomic E-state index is -0.298. The van der Waals surface area contributed by atoms with E-state index in [1.165, 1.54) is 0 Å². The van der Waals surface area contributed by atoms with Gasteiger partial charge >= 0.3 is 0 Å². The molecule has 1 saturated heterocycles. The second-order valence-electron chi connectivity index (χ2n) is 8.22. The molecule has 0 saturated carbocycles. The van der Waals surface area contributed by atoms with Crippen molar-refractivity contribution in [3.63, 3.8) is 0 Å². The molecule has 1 amide bonds. The molecule has 0 atom stereocenters. The lowest BCUT2D eigenvalue weighted by Gasteiger charge is -2.48. The topological polar surface area (TPSA) is 68.3 Å². The summed E-state index contributed by atoms with van der Waals surface area (Å²) in [5.74, 6) is -0.157. The molecule has 0 unspecified atom stereocenters. The Hall–Kier alpha value is -2.90. The van der Waals surface area contributed by atoms with Crippen LogP contribution in [-0.4, -0.2) is 54.8 Å². The van der Waals surface area contributed by atoms with Crippen molar-refractivity contribution in [2.75, 3.05) is 44.2 Å². The maximum Gasteiger partial charge on any atom is 0.251 e. The van der Waals surface area contributed by atoms with Gasteiger partial charge in [0.15, 0.2) is 0 Å². The summed E-state index contributed by atoms with van der Waals surface area (Å²) < 4.78 is -0.298. The Labute approximate surface area is 209 Å². The molecule has 0 radical (unpaired) electrons. The summed E-state index contributed by atoms with van der Waals surface area (Å²) in [6.45, 7) is 2.88. The lowest BCUT2D eigenvalue weighted by molar-refractivity contribution is -0.875. The predicted octanol–water partition coefficient (Wildman–Crippen LogP) is 5.18. The normalized spacial score (nSPS) is 15.4. The highest BCUT2D eigenvalue weighted by molar-refractivity contribution is 6.43. The van der Waals surface area contributed by atoms with E-state index in [2.05, 4.69) is 15.2 Å². The number of quaternary nitrogens is 1. The molecule has 2 heterocycles. The molecule has 1 aromatic heterocycles. The summed E-state index contributed by atoms with van der Waals surface area (Å²) >= 11 is 12.4. The molecule has 176 valence electrons. The molecular weight excluding hydrogens is 471 g/mol. The van der Waals surface area contributed by atoms with E-state index in [1.807, 2.05) is 54.6 Å². The van der Waals surface area contributed by atoms with Gasteiger partial charge in [0.25, 0.3) is 5.91 Å². The third kappa shape index (κ3) is 5.96. The lowest BCUT2D eigenvalue weighted by Crippen LogP contribution is -2.56. The maximum atomic E-state index is 13.0. The van der Waals surface area contributed by atoms with Crippen LogP contribution in [0.3, 0.4) is 0 Å². The van der Waals surface area contributed by atoms with Gasteiger partial charge in [-0.25, -0.2) is 0 Å². The molecule has 34 heavy (non-hydrogen) atoms. The zero-order valence-corrected chi connectivity index (χ0v) is 20.2. The zero-order valence-electron chi connectivity index (χ0n) is 18.7. The number of halogens is 2. The molecule has 1 aliphatic heterocycles. The second kappa shape index (κ2) is 11.0. The second-order valence-corrected chi connectivity index (χ2v) is 9.01. The summed E-state index contributed by atoms with van der Waals surface area (Å²) in [5.41, 5.74) is 3.27. The van der Waals surface area contributed by atoms with Crippen molar-refractivity contribution in [1.82, 2.24) is 10.3 Å². The Bertz CT molecular complexity index is 1150. The summed E-state index contributed by atoms with van der Waals surface area (Å²) in [7, 11) is 0. The third-order valence-corrected chi connectivity index (χ3v) is 6.73. The number of carbonyl (C=O) groups is 1. The molecule has 0 aliphatic carbocycles. The minimum absolute atomic E-state index is 0.157. The molecule has 0 spiro atoms. The van der Waals surface area contributed by atoms with Gasteiger partial charge in [0.05, 0.1) is 54.2 Å². The number of aromatic nitrogens is 1. The molecule has 4 rings (SSSR count). The van der Waals surface area contributed by atoms with Gasteiger partial charge in [0, 0.05) is 23.9 Å². The van der Waals surface area contributed by atoms with E-state index >= 15 is 0 Å². The van der Waals surface area contributed by atoms with Crippen LogP contribution in [0.2, 0.25) is 10.0 Å². The number of benzene rings is 2. The van der Waals surface area contributed by atoms with Crippen molar-refractivity contribution >= 4 is 34.8 Å². The first-order valence-electron chi connectivity index (χ1n) is 11.2. The number of hydroxylamine groups is 3. The molecule has 6 nitrogen and oxygen atoms in total. The number of carbonyl (C=O) groups excluding carboxylic acids is 1. The van der Waals surface area contributed by atoms with Crippen LogP contribution in [0.1, 0.15) is 10.4 Å². The van der Waals surface area contributed by atoms with E-state index in [1.54, 1.807) is 24.4 Å². The van der Waals surface area contributed by atoms with E-state index in [0.717, 1.165) is 16.9 Å². The van der Waals surface area contributed by atoms with E-state index in [4.69, 9.17) is 23.2 Å². The summed E-state index contributed by atoms with van der Waals surface area (Å²) in [6, 6.07) is 18.6. The quantitative estimate of drug-likeness (QED) is 0.278. The van der Waals surface area contributed by atoms with Crippen LogP contribution in [0, 0.1) is 5.21 Å².